The first-order valence-corrected chi connectivity index (χ1v) is 8.31. The minimum atomic E-state index is 0.104. The third kappa shape index (κ3) is 3.70. The van der Waals surface area contributed by atoms with Gasteiger partial charge >= 0.3 is 0 Å². The van der Waals surface area contributed by atoms with Crippen molar-refractivity contribution in [2.24, 2.45) is 17.6 Å². The van der Waals surface area contributed by atoms with Crippen LogP contribution in [0, 0.1) is 11.8 Å². The molecule has 1 aromatic heterocycles. The van der Waals surface area contributed by atoms with Crippen LogP contribution in [0.3, 0.4) is 0 Å². The summed E-state index contributed by atoms with van der Waals surface area (Å²) in [5, 5.41) is 11.2. The van der Waals surface area contributed by atoms with Crippen molar-refractivity contribution in [1.29, 1.82) is 0 Å². The normalized spacial score (nSPS) is 29.7. The zero-order valence-corrected chi connectivity index (χ0v) is 13.6. The van der Waals surface area contributed by atoms with Gasteiger partial charge in [0.2, 0.25) is 5.91 Å². The monoisotopic (exact) mass is 322 g/mol. The van der Waals surface area contributed by atoms with Gasteiger partial charge in [0.25, 0.3) is 0 Å². The minimum Gasteiger partial charge on any atom is -0.383 e. The molecule has 1 unspecified atom stereocenters. The molecule has 4 heterocycles. The molecule has 3 saturated heterocycles. The Balaban J connectivity index is 1.55. The number of carbonyl (C=O) groups is 1. The van der Waals surface area contributed by atoms with Gasteiger partial charge in [-0.1, -0.05) is 5.21 Å². The van der Waals surface area contributed by atoms with E-state index in [-0.39, 0.29) is 11.8 Å². The molecule has 1 amide bonds. The number of fused-ring (bicyclic) bond motifs is 3. The largest absolute Gasteiger partial charge is 0.383 e. The van der Waals surface area contributed by atoms with Crippen LogP contribution in [0.25, 0.3) is 0 Å². The highest BCUT2D eigenvalue weighted by atomic mass is 16.5. The number of ether oxygens (including phenoxy) is 1. The lowest BCUT2D eigenvalue weighted by molar-refractivity contribution is -0.133. The SMILES string of the molecule is COCCNC(=O)[C@@H]1CN2CC[C@H]1C[C@@H]2Cn1cc(CN)nn1. The summed E-state index contributed by atoms with van der Waals surface area (Å²) < 4.78 is 6.86. The first-order valence-electron chi connectivity index (χ1n) is 8.31. The molecule has 0 aliphatic carbocycles. The maximum absolute atomic E-state index is 12.3. The molecular formula is C15H26N6O2. The number of nitrogens with zero attached hydrogens (tertiary/aromatic N) is 4. The van der Waals surface area contributed by atoms with Gasteiger partial charge in [-0.15, -0.1) is 5.10 Å². The van der Waals surface area contributed by atoms with Gasteiger partial charge in [0.15, 0.2) is 0 Å². The maximum Gasteiger partial charge on any atom is 0.224 e. The molecule has 3 aliphatic rings. The topological polar surface area (TPSA) is 98.3 Å². The number of carbonyl (C=O) groups excluding carboxylic acids is 1. The first kappa shape index (κ1) is 16.4. The van der Waals surface area contributed by atoms with Crippen molar-refractivity contribution in [2.45, 2.75) is 32.0 Å². The number of amides is 1. The van der Waals surface area contributed by atoms with Crippen LogP contribution >= 0.6 is 0 Å². The molecule has 128 valence electrons. The lowest BCUT2D eigenvalue weighted by Crippen LogP contribution is -2.58. The third-order valence-electron chi connectivity index (χ3n) is 5.01. The predicted molar refractivity (Wildman–Crippen MR) is 84.4 cm³/mol. The van der Waals surface area contributed by atoms with Crippen molar-refractivity contribution in [3.63, 3.8) is 0 Å². The van der Waals surface area contributed by atoms with Gasteiger partial charge in [-0.25, -0.2) is 0 Å². The van der Waals surface area contributed by atoms with Gasteiger partial charge < -0.3 is 15.8 Å². The quantitative estimate of drug-likeness (QED) is 0.639. The molecule has 1 aromatic rings. The van der Waals surface area contributed by atoms with Crippen LogP contribution in [0.1, 0.15) is 18.5 Å². The fourth-order valence-corrected chi connectivity index (χ4v) is 3.77. The van der Waals surface area contributed by atoms with Gasteiger partial charge in [-0.05, 0) is 25.3 Å². The number of aromatic nitrogens is 3. The van der Waals surface area contributed by atoms with E-state index in [0.29, 0.717) is 31.7 Å². The number of hydrogen-bond acceptors (Lipinski definition) is 6. The van der Waals surface area contributed by atoms with E-state index in [1.807, 2.05) is 10.9 Å². The average Bonchev–Trinajstić information content (AvgIpc) is 3.03. The van der Waals surface area contributed by atoms with Crippen LogP contribution in [0.5, 0.6) is 0 Å². The van der Waals surface area contributed by atoms with E-state index in [1.54, 1.807) is 7.11 Å². The molecule has 3 fully saturated rings. The van der Waals surface area contributed by atoms with E-state index in [2.05, 4.69) is 20.5 Å². The number of methoxy groups -OCH3 is 1. The van der Waals surface area contributed by atoms with Gasteiger partial charge in [0, 0.05) is 39.0 Å². The van der Waals surface area contributed by atoms with Crippen molar-refractivity contribution < 1.29 is 9.53 Å². The summed E-state index contributed by atoms with van der Waals surface area (Å²) in [5.41, 5.74) is 6.39. The molecule has 8 nitrogen and oxygen atoms in total. The van der Waals surface area contributed by atoms with Crippen molar-refractivity contribution in [3.8, 4) is 0 Å². The number of rotatable bonds is 7. The van der Waals surface area contributed by atoms with Crippen LogP contribution in [0.4, 0.5) is 0 Å². The van der Waals surface area contributed by atoms with Crippen molar-refractivity contribution in [3.05, 3.63) is 11.9 Å². The van der Waals surface area contributed by atoms with Crippen LogP contribution in [0.15, 0.2) is 6.20 Å². The van der Waals surface area contributed by atoms with Gasteiger partial charge in [-0.3, -0.25) is 14.4 Å². The summed E-state index contributed by atoms with van der Waals surface area (Å²) in [4.78, 5) is 14.8. The molecule has 8 heteroatoms. The second kappa shape index (κ2) is 7.37. The Morgan fingerprint density at radius 1 is 1.57 bits per heavy atom. The van der Waals surface area contributed by atoms with Crippen molar-refractivity contribution >= 4 is 5.91 Å². The van der Waals surface area contributed by atoms with E-state index in [0.717, 1.165) is 38.2 Å². The Labute approximate surface area is 136 Å². The molecule has 0 aromatic carbocycles. The van der Waals surface area contributed by atoms with Gasteiger partial charge in [0.05, 0.1) is 24.8 Å². The number of hydrogen-bond donors (Lipinski definition) is 2. The first-order chi connectivity index (χ1) is 11.2. The van der Waals surface area contributed by atoms with Gasteiger partial charge in [0.1, 0.15) is 0 Å². The molecule has 4 rings (SSSR count). The fourth-order valence-electron chi connectivity index (χ4n) is 3.77. The Kier molecular flexibility index (Phi) is 5.24. The Hall–Kier alpha value is -1.51. The van der Waals surface area contributed by atoms with E-state index in [4.69, 9.17) is 10.5 Å². The number of nitrogens with two attached hydrogens (primary N) is 1. The van der Waals surface area contributed by atoms with Crippen LogP contribution in [0.2, 0.25) is 0 Å². The maximum atomic E-state index is 12.3. The summed E-state index contributed by atoms with van der Waals surface area (Å²) in [7, 11) is 1.64. The van der Waals surface area contributed by atoms with Crippen molar-refractivity contribution in [2.75, 3.05) is 33.4 Å². The lowest BCUT2D eigenvalue weighted by Gasteiger charge is -2.49. The second-order valence-corrected chi connectivity index (χ2v) is 6.46. The molecule has 4 atom stereocenters. The fraction of sp³-hybridized carbons (Fsp3) is 0.800. The summed E-state index contributed by atoms with van der Waals surface area (Å²) in [6.45, 7) is 4.29. The zero-order chi connectivity index (χ0) is 16.2. The lowest BCUT2D eigenvalue weighted by atomic mass is 9.75. The van der Waals surface area contributed by atoms with E-state index < -0.39 is 0 Å². The molecule has 23 heavy (non-hydrogen) atoms. The van der Waals surface area contributed by atoms with Crippen LogP contribution in [-0.2, 0) is 22.6 Å². The van der Waals surface area contributed by atoms with Crippen LogP contribution < -0.4 is 11.1 Å². The molecular weight excluding hydrogens is 296 g/mol. The highest BCUT2D eigenvalue weighted by Gasteiger charge is 2.43. The minimum absolute atomic E-state index is 0.104. The smallest absolute Gasteiger partial charge is 0.224 e. The Morgan fingerprint density at radius 2 is 2.43 bits per heavy atom. The molecule has 0 radical (unpaired) electrons. The average molecular weight is 322 g/mol. The van der Waals surface area contributed by atoms with Crippen LogP contribution in [-0.4, -0.2) is 65.2 Å². The molecule has 0 spiro atoms. The summed E-state index contributed by atoms with van der Waals surface area (Å²) >= 11 is 0. The van der Waals surface area contributed by atoms with E-state index in [9.17, 15) is 4.79 Å². The van der Waals surface area contributed by atoms with Crippen molar-refractivity contribution in [1.82, 2.24) is 25.2 Å². The van der Waals surface area contributed by atoms with E-state index >= 15 is 0 Å². The summed E-state index contributed by atoms with van der Waals surface area (Å²) in [6.07, 6.45) is 4.06. The second-order valence-electron chi connectivity index (χ2n) is 6.46. The predicted octanol–water partition coefficient (Wildman–Crippen LogP) is -0.790. The highest BCUT2D eigenvalue weighted by molar-refractivity contribution is 5.79. The number of nitrogens with one attached hydrogen (secondary N) is 1. The Bertz CT molecular complexity index is 534. The standard InChI is InChI=1S/C15H26N6O2/c1-23-5-3-17-15(22)14-10-20-4-2-11(14)6-13(20)9-21-8-12(7-16)18-19-21/h8,11,13-14H,2-7,9-10,16H2,1H3,(H,17,22)/t11-,13+,14+/m0/s1. The van der Waals surface area contributed by atoms with Gasteiger partial charge in [-0.2, -0.15) is 0 Å². The Morgan fingerprint density at radius 3 is 3.09 bits per heavy atom. The summed E-state index contributed by atoms with van der Waals surface area (Å²) in [5.74, 6) is 0.735. The summed E-state index contributed by atoms with van der Waals surface area (Å²) in [6, 6.07) is 0.434. The number of piperidine rings is 3. The molecule has 3 N–H and O–H groups in total. The highest BCUT2D eigenvalue weighted by Crippen LogP contribution is 2.36. The molecule has 0 saturated carbocycles. The molecule has 2 bridgehead atoms. The molecule has 3 aliphatic heterocycles. The van der Waals surface area contributed by atoms with E-state index in [1.165, 1.54) is 0 Å². The zero-order valence-electron chi connectivity index (χ0n) is 13.6. The third-order valence-corrected chi connectivity index (χ3v) is 5.01.